The van der Waals surface area contributed by atoms with Crippen LogP contribution in [0.15, 0.2) is 82.6 Å². The van der Waals surface area contributed by atoms with Gasteiger partial charge in [0.05, 0.1) is 27.5 Å². The van der Waals surface area contributed by atoms with Crippen LogP contribution in [-0.2, 0) is 16.2 Å². The lowest BCUT2D eigenvalue weighted by Crippen LogP contribution is -2.42. The van der Waals surface area contributed by atoms with Gasteiger partial charge in [0.25, 0.3) is 5.69 Å². The van der Waals surface area contributed by atoms with Crippen LogP contribution < -0.4 is 14.5 Å². The Morgan fingerprint density at radius 3 is 2.50 bits per heavy atom. The number of aromatic nitrogens is 1. The average molecular weight is 626 g/mol. The Kier molecular flexibility index (Phi) is 6.32. The summed E-state index contributed by atoms with van der Waals surface area (Å²) in [4.78, 5) is 57.1. The molecule has 44 heavy (non-hydrogen) atoms. The third kappa shape index (κ3) is 4.09. The van der Waals surface area contributed by atoms with E-state index < -0.39 is 22.7 Å². The number of imide groups is 1. The number of nitrogens with zero attached hydrogens (tertiary/aromatic N) is 2. The molecular weight excluding hydrogens is 599 g/mol. The van der Waals surface area contributed by atoms with E-state index in [-0.39, 0.29) is 52.0 Å². The summed E-state index contributed by atoms with van der Waals surface area (Å²) in [5.41, 5.74) is 3.22. The minimum atomic E-state index is -0.468. The maximum Gasteiger partial charge on any atom is 0.305 e. The van der Waals surface area contributed by atoms with Crippen LogP contribution in [0, 0.1) is 46.6 Å². The number of nitrogens with one attached hydrogen (secondary N) is 1. The van der Waals surface area contributed by atoms with Crippen molar-refractivity contribution in [3.05, 3.63) is 114 Å². The van der Waals surface area contributed by atoms with Gasteiger partial charge in [0.15, 0.2) is 0 Å². The highest BCUT2D eigenvalue weighted by atomic mass is 32.2. The highest BCUT2D eigenvalue weighted by Crippen LogP contribution is 2.69. The molecule has 6 unspecified atom stereocenters. The Bertz CT molecular complexity index is 1900. The number of hydrogen-bond donors (Lipinski definition) is 1. The second-order valence-electron chi connectivity index (χ2n) is 12.1. The van der Waals surface area contributed by atoms with E-state index in [1.807, 2.05) is 49.4 Å². The molecule has 4 aromatic rings. The number of aryl methyl sites for hydroxylation is 1. The number of amides is 2. The molecule has 2 aliphatic heterocycles. The molecule has 0 spiro atoms. The van der Waals surface area contributed by atoms with E-state index in [2.05, 4.69) is 4.98 Å². The van der Waals surface area contributed by atoms with Gasteiger partial charge >= 0.3 is 4.87 Å². The smallest absolute Gasteiger partial charge is 0.305 e. The number of rotatable bonds is 6. The second-order valence-corrected chi connectivity index (χ2v) is 14.3. The number of thioether (sulfide) groups is 1. The molecule has 0 radical (unpaired) electrons. The number of nitro groups is 1. The van der Waals surface area contributed by atoms with E-state index >= 15 is 0 Å². The van der Waals surface area contributed by atoms with Crippen molar-refractivity contribution in [3.63, 3.8) is 0 Å². The summed E-state index contributed by atoms with van der Waals surface area (Å²) in [6, 6.07) is 21.7. The summed E-state index contributed by atoms with van der Waals surface area (Å²) in [5.74, 6) is -1.40. The van der Waals surface area contributed by atoms with Crippen molar-refractivity contribution in [1.29, 1.82) is 0 Å². The van der Waals surface area contributed by atoms with E-state index in [1.54, 1.807) is 36.0 Å². The molecule has 3 aromatic carbocycles. The third-order valence-electron chi connectivity index (χ3n) is 9.75. The molecular formula is C33H27N3O6S2. The van der Waals surface area contributed by atoms with Crippen molar-refractivity contribution < 1.29 is 19.2 Å². The molecule has 2 amide bonds. The van der Waals surface area contributed by atoms with Gasteiger partial charge in [-0.1, -0.05) is 59.4 Å². The number of carbonyl (C=O) groups is 2. The predicted molar refractivity (Wildman–Crippen MR) is 166 cm³/mol. The Balaban J connectivity index is 1.23. The number of H-pyrrole nitrogens is 1. The first kappa shape index (κ1) is 27.3. The molecule has 3 fully saturated rings. The predicted octanol–water partition coefficient (Wildman–Crippen LogP) is 5.91. The number of non-ortho nitro benzene ring substituents is 1. The van der Waals surface area contributed by atoms with Crippen LogP contribution in [0.5, 0.6) is 5.75 Å². The van der Waals surface area contributed by atoms with Crippen LogP contribution in [0.1, 0.15) is 33.9 Å². The van der Waals surface area contributed by atoms with E-state index in [1.165, 1.54) is 11.0 Å². The van der Waals surface area contributed by atoms with Gasteiger partial charge in [0.2, 0.25) is 11.8 Å². The van der Waals surface area contributed by atoms with E-state index in [9.17, 15) is 24.5 Å². The van der Waals surface area contributed by atoms with Crippen LogP contribution in [0.4, 0.5) is 11.4 Å². The molecule has 222 valence electrons. The molecule has 2 saturated carbocycles. The minimum absolute atomic E-state index is 0.0413. The number of anilines is 1. The molecule has 1 saturated heterocycles. The van der Waals surface area contributed by atoms with Gasteiger partial charge in [0.1, 0.15) is 12.4 Å². The van der Waals surface area contributed by atoms with Gasteiger partial charge in [-0.2, -0.15) is 0 Å². The van der Waals surface area contributed by atoms with Gasteiger partial charge in [-0.25, -0.2) is 0 Å². The minimum Gasteiger partial charge on any atom is -0.489 e. The van der Waals surface area contributed by atoms with Crippen molar-refractivity contribution >= 4 is 46.3 Å². The number of nitro benzene ring substituents is 1. The van der Waals surface area contributed by atoms with Gasteiger partial charge in [-0.15, -0.1) is 11.8 Å². The molecule has 8 rings (SSSR count). The molecule has 1 N–H and O–H groups in total. The number of benzene rings is 3. The van der Waals surface area contributed by atoms with Crippen LogP contribution in [0.2, 0.25) is 0 Å². The number of aromatic amines is 1. The Hall–Kier alpha value is -4.22. The maximum absolute atomic E-state index is 14.0. The average Bonchev–Trinajstić information content (AvgIpc) is 3.75. The van der Waals surface area contributed by atoms with Gasteiger partial charge < -0.3 is 9.72 Å². The van der Waals surface area contributed by atoms with E-state index in [4.69, 9.17) is 4.74 Å². The number of thiazole rings is 1. The van der Waals surface area contributed by atoms with Crippen molar-refractivity contribution in [2.45, 2.75) is 36.1 Å². The fraction of sp³-hybridized carbons (Fsp3) is 0.303. The summed E-state index contributed by atoms with van der Waals surface area (Å²) < 4.78 is 6.37. The summed E-state index contributed by atoms with van der Waals surface area (Å²) in [6.45, 7) is 2.28. The first-order valence-electron chi connectivity index (χ1n) is 14.6. The molecule has 9 nitrogen and oxygen atoms in total. The molecule has 1 aromatic heterocycles. The standard InChI is InChI=1S/C33H27N3O6S2/c1-16-6-5-7-17(12-16)15-42-23-11-10-19(36(40)41)13-20(23)24-25-21-14-22(28(25)43-30-29(24)44-33(39)34-30)27-26(21)31(37)35(32(27)38)18-8-3-2-4-9-18/h2-13,21-22,24-28H,14-15H2,1H3,(H,34,39)/t21?,22?,24-,25?,26?,27?,28?/m1/s1. The monoisotopic (exact) mass is 625 g/mol. The maximum atomic E-state index is 14.0. The summed E-state index contributed by atoms with van der Waals surface area (Å²) >= 11 is 2.70. The lowest BCUT2D eigenvalue weighted by atomic mass is 9.68. The van der Waals surface area contributed by atoms with Crippen molar-refractivity contribution in [2.24, 2.45) is 29.6 Å². The number of fused-ring (bicyclic) bond motifs is 9. The van der Waals surface area contributed by atoms with Crippen LogP contribution in [0.3, 0.4) is 0 Å². The van der Waals surface area contributed by atoms with Gasteiger partial charge in [0, 0.05) is 33.7 Å². The lowest BCUT2D eigenvalue weighted by Gasteiger charge is -2.43. The Morgan fingerprint density at radius 1 is 0.977 bits per heavy atom. The molecule has 2 bridgehead atoms. The SMILES string of the molecule is Cc1cccc(COc2ccc([N+](=O)[O-])cc2[C@H]2c3sc(=O)[nH]c3SC3C4CC(C5C(=O)N(c6ccccc6)C(=O)C45)C32)c1. The highest BCUT2D eigenvalue weighted by Gasteiger charge is 2.70. The molecule has 4 aliphatic rings. The fourth-order valence-electron chi connectivity index (χ4n) is 8.18. The number of para-hydroxylation sites is 1. The van der Waals surface area contributed by atoms with Gasteiger partial charge in [-0.05, 0) is 54.9 Å². The van der Waals surface area contributed by atoms with E-state index in [0.717, 1.165) is 38.8 Å². The van der Waals surface area contributed by atoms with Crippen LogP contribution in [-0.4, -0.2) is 27.0 Å². The van der Waals surface area contributed by atoms with Crippen molar-refractivity contribution in [1.82, 2.24) is 4.98 Å². The first-order chi connectivity index (χ1) is 21.3. The number of hydrogen-bond acceptors (Lipinski definition) is 8. The van der Waals surface area contributed by atoms with E-state index in [0.29, 0.717) is 17.0 Å². The third-order valence-corrected chi connectivity index (χ3v) is 12.3. The zero-order valence-corrected chi connectivity index (χ0v) is 25.2. The van der Waals surface area contributed by atoms with Crippen LogP contribution in [0.25, 0.3) is 0 Å². The largest absolute Gasteiger partial charge is 0.489 e. The molecule has 7 atom stereocenters. The second kappa shape index (κ2) is 10.2. The Labute approximate surface area is 260 Å². The quantitative estimate of drug-likeness (QED) is 0.161. The Morgan fingerprint density at radius 2 is 1.75 bits per heavy atom. The zero-order chi connectivity index (χ0) is 30.3. The van der Waals surface area contributed by atoms with Crippen molar-refractivity contribution in [2.75, 3.05) is 4.90 Å². The normalized spacial score (nSPS) is 28.1. The lowest BCUT2D eigenvalue weighted by molar-refractivity contribution is -0.385. The molecule has 3 heterocycles. The van der Waals surface area contributed by atoms with Crippen molar-refractivity contribution in [3.8, 4) is 5.75 Å². The highest BCUT2D eigenvalue weighted by molar-refractivity contribution is 8.00. The number of carbonyl (C=O) groups excluding carboxylic acids is 2. The summed E-state index contributed by atoms with van der Waals surface area (Å²) in [5, 5.41) is 12.7. The molecule has 2 aliphatic carbocycles. The first-order valence-corrected chi connectivity index (χ1v) is 16.3. The molecule has 11 heteroatoms. The van der Waals surface area contributed by atoms with Gasteiger partial charge in [-0.3, -0.25) is 29.4 Å². The summed E-state index contributed by atoms with van der Waals surface area (Å²) in [6.07, 6.45) is 0.724. The summed E-state index contributed by atoms with van der Waals surface area (Å²) in [7, 11) is 0. The zero-order valence-electron chi connectivity index (χ0n) is 23.5. The topological polar surface area (TPSA) is 123 Å². The van der Waals surface area contributed by atoms with Crippen LogP contribution >= 0.6 is 23.1 Å². The fourth-order valence-corrected chi connectivity index (χ4v) is 11.1. The number of ether oxygens (including phenoxy) is 1.